The molecule has 0 aliphatic heterocycles. The number of para-hydroxylation sites is 1. The normalized spacial score (nSPS) is 11.3. The predicted molar refractivity (Wildman–Crippen MR) is 77.5 cm³/mol. The van der Waals surface area contributed by atoms with Gasteiger partial charge >= 0.3 is 6.18 Å². The van der Waals surface area contributed by atoms with Gasteiger partial charge in [-0.1, -0.05) is 12.1 Å². The van der Waals surface area contributed by atoms with Crippen molar-refractivity contribution in [1.82, 2.24) is 0 Å². The standard InChI is InChI=1S/C15H10F5NOS/c16-9-5-6-11(17)10(7-9)14(22)21-12-3-1-2-4-13(12)23-8-15(18,19)20/h1-7H,8H2,(H,21,22). The highest BCUT2D eigenvalue weighted by Gasteiger charge is 2.27. The highest BCUT2D eigenvalue weighted by atomic mass is 32.2. The van der Waals surface area contributed by atoms with Crippen LogP contribution in [0.3, 0.4) is 0 Å². The lowest BCUT2D eigenvalue weighted by Gasteiger charge is -2.12. The predicted octanol–water partition coefficient (Wildman–Crippen LogP) is 4.87. The molecule has 0 atom stereocenters. The molecule has 8 heteroatoms. The summed E-state index contributed by atoms with van der Waals surface area (Å²) in [6, 6.07) is 8.18. The van der Waals surface area contributed by atoms with Crippen molar-refractivity contribution < 1.29 is 26.7 Å². The molecular weight excluding hydrogens is 337 g/mol. The smallest absolute Gasteiger partial charge is 0.321 e. The molecule has 0 bridgehead atoms. The molecule has 0 saturated heterocycles. The summed E-state index contributed by atoms with van der Waals surface area (Å²) in [4.78, 5) is 12.2. The minimum atomic E-state index is -4.36. The Kier molecular flexibility index (Phi) is 5.25. The quantitative estimate of drug-likeness (QED) is 0.631. The molecule has 0 spiro atoms. The van der Waals surface area contributed by atoms with Crippen molar-refractivity contribution in [2.45, 2.75) is 11.1 Å². The lowest BCUT2D eigenvalue weighted by molar-refractivity contribution is -0.105. The third kappa shape index (κ3) is 4.95. The second-order valence-corrected chi connectivity index (χ2v) is 5.50. The number of carbonyl (C=O) groups is 1. The molecular formula is C15H10F5NOS. The van der Waals surface area contributed by atoms with E-state index in [0.29, 0.717) is 11.8 Å². The first-order valence-corrected chi connectivity index (χ1v) is 7.30. The Balaban J connectivity index is 2.19. The average molecular weight is 347 g/mol. The molecule has 0 aromatic heterocycles. The Labute approximate surface area is 132 Å². The molecule has 2 aromatic carbocycles. The van der Waals surface area contributed by atoms with Gasteiger partial charge in [0.05, 0.1) is 17.0 Å². The van der Waals surface area contributed by atoms with E-state index in [-0.39, 0.29) is 10.6 Å². The maximum Gasteiger partial charge on any atom is 0.398 e. The highest BCUT2D eigenvalue weighted by Crippen LogP contribution is 2.32. The van der Waals surface area contributed by atoms with Crippen molar-refractivity contribution in [1.29, 1.82) is 0 Å². The maximum absolute atomic E-state index is 13.5. The number of thioether (sulfide) groups is 1. The molecule has 0 heterocycles. The number of anilines is 1. The topological polar surface area (TPSA) is 29.1 Å². The minimum absolute atomic E-state index is 0.0930. The Morgan fingerprint density at radius 3 is 2.48 bits per heavy atom. The third-order valence-corrected chi connectivity index (χ3v) is 3.84. The molecule has 2 rings (SSSR count). The van der Waals surface area contributed by atoms with E-state index >= 15 is 0 Å². The molecule has 122 valence electrons. The van der Waals surface area contributed by atoms with Crippen LogP contribution in [0.2, 0.25) is 0 Å². The number of nitrogens with one attached hydrogen (secondary N) is 1. The van der Waals surface area contributed by atoms with E-state index in [1.165, 1.54) is 24.3 Å². The van der Waals surface area contributed by atoms with Crippen molar-refractivity contribution in [3.63, 3.8) is 0 Å². The monoisotopic (exact) mass is 347 g/mol. The molecule has 0 radical (unpaired) electrons. The summed E-state index contributed by atoms with van der Waals surface area (Å²) in [5, 5.41) is 2.30. The molecule has 0 unspecified atom stereocenters. The number of halogens is 5. The molecule has 0 fully saturated rings. The van der Waals surface area contributed by atoms with Crippen LogP contribution in [0.4, 0.5) is 27.6 Å². The van der Waals surface area contributed by atoms with Crippen LogP contribution in [0.1, 0.15) is 10.4 Å². The maximum atomic E-state index is 13.5. The fourth-order valence-corrected chi connectivity index (χ4v) is 2.49. The number of rotatable bonds is 4. The molecule has 23 heavy (non-hydrogen) atoms. The fraction of sp³-hybridized carbons (Fsp3) is 0.133. The van der Waals surface area contributed by atoms with E-state index in [4.69, 9.17) is 0 Å². The van der Waals surface area contributed by atoms with Crippen molar-refractivity contribution in [2.75, 3.05) is 11.1 Å². The summed E-state index contributed by atoms with van der Waals surface area (Å²) in [6.45, 7) is 0. The molecule has 2 aromatic rings. The highest BCUT2D eigenvalue weighted by molar-refractivity contribution is 7.99. The average Bonchev–Trinajstić information content (AvgIpc) is 2.48. The summed E-state index contributed by atoms with van der Waals surface area (Å²) in [6.07, 6.45) is -4.36. The van der Waals surface area contributed by atoms with Crippen LogP contribution in [0.15, 0.2) is 47.4 Å². The third-order valence-electron chi connectivity index (χ3n) is 2.70. The molecule has 2 nitrogen and oxygen atoms in total. The van der Waals surface area contributed by atoms with Gasteiger partial charge in [-0.3, -0.25) is 4.79 Å². The van der Waals surface area contributed by atoms with Gasteiger partial charge in [-0.15, -0.1) is 11.8 Å². The van der Waals surface area contributed by atoms with Gasteiger partial charge in [0.1, 0.15) is 11.6 Å². The lowest BCUT2D eigenvalue weighted by Crippen LogP contribution is -2.15. The number of carbonyl (C=O) groups excluding carboxylic acids is 1. The summed E-state index contributed by atoms with van der Waals surface area (Å²) in [7, 11) is 0. The summed E-state index contributed by atoms with van der Waals surface area (Å²) < 4.78 is 63.5. The number of amides is 1. The van der Waals surface area contributed by atoms with Crippen LogP contribution in [0, 0.1) is 11.6 Å². The number of alkyl halides is 3. The van der Waals surface area contributed by atoms with Gasteiger partial charge in [0.2, 0.25) is 0 Å². The summed E-state index contributed by atoms with van der Waals surface area (Å²) >= 11 is 0.491. The van der Waals surface area contributed by atoms with Gasteiger partial charge in [0.25, 0.3) is 5.91 Å². The Bertz CT molecular complexity index is 717. The molecule has 0 aliphatic carbocycles. The Morgan fingerprint density at radius 2 is 1.78 bits per heavy atom. The van der Waals surface area contributed by atoms with E-state index in [1.807, 2.05) is 0 Å². The van der Waals surface area contributed by atoms with E-state index in [2.05, 4.69) is 5.32 Å². The number of hydrogen-bond acceptors (Lipinski definition) is 2. The molecule has 0 aliphatic rings. The second-order valence-electron chi connectivity index (χ2n) is 4.48. The molecule has 1 N–H and O–H groups in total. The van der Waals surface area contributed by atoms with Gasteiger partial charge in [0, 0.05) is 4.90 Å². The first kappa shape index (κ1) is 17.3. The zero-order valence-electron chi connectivity index (χ0n) is 11.5. The Morgan fingerprint density at radius 1 is 1.09 bits per heavy atom. The second kappa shape index (κ2) is 6.99. The van der Waals surface area contributed by atoms with Crippen LogP contribution < -0.4 is 5.32 Å². The van der Waals surface area contributed by atoms with Crippen LogP contribution in [0.25, 0.3) is 0 Å². The fourth-order valence-electron chi connectivity index (χ4n) is 1.72. The van der Waals surface area contributed by atoms with Crippen molar-refractivity contribution in [3.8, 4) is 0 Å². The van der Waals surface area contributed by atoms with Crippen molar-refractivity contribution in [2.24, 2.45) is 0 Å². The van der Waals surface area contributed by atoms with E-state index < -0.39 is 35.0 Å². The SMILES string of the molecule is O=C(Nc1ccccc1SCC(F)(F)F)c1cc(F)ccc1F. The van der Waals surface area contributed by atoms with Crippen LogP contribution in [-0.4, -0.2) is 17.8 Å². The zero-order chi connectivity index (χ0) is 17.0. The first-order valence-electron chi connectivity index (χ1n) is 6.31. The summed E-state index contributed by atoms with van der Waals surface area (Å²) in [5.74, 6) is -3.79. The van der Waals surface area contributed by atoms with Crippen LogP contribution >= 0.6 is 11.8 Å². The van der Waals surface area contributed by atoms with Gasteiger partial charge < -0.3 is 5.32 Å². The zero-order valence-corrected chi connectivity index (χ0v) is 12.3. The minimum Gasteiger partial charge on any atom is -0.321 e. The van der Waals surface area contributed by atoms with E-state index in [9.17, 15) is 26.7 Å². The lowest BCUT2D eigenvalue weighted by atomic mass is 10.2. The van der Waals surface area contributed by atoms with E-state index in [0.717, 1.165) is 18.2 Å². The molecule has 0 saturated carbocycles. The number of benzene rings is 2. The van der Waals surface area contributed by atoms with Crippen molar-refractivity contribution in [3.05, 3.63) is 59.7 Å². The summed E-state index contributed by atoms with van der Waals surface area (Å²) in [5.41, 5.74) is -0.434. The van der Waals surface area contributed by atoms with Crippen LogP contribution in [-0.2, 0) is 0 Å². The van der Waals surface area contributed by atoms with Gasteiger partial charge in [-0.25, -0.2) is 8.78 Å². The van der Waals surface area contributed by atoms with E-state index in [1.54, 1.807) is 0 Å². The first-order chi connectivity index (χ1) is 10.8. The largest absolute Gasteiger partial charge is 0.398 e. The van der Waals surface area contributed by atoms with Crippen LogP contribution in [0.5, 0.6) is 0 Å². The van der Waals surface area contributed by atoms with Gasteiger partial charge in [-0.05, 0) is 30.3 Å². The molecule has 1 amide bonds. The Hall–Kier alpha value is -2.09. The van der Waals surface area contributed by atoms with Crippen molar-refractivity contribution >= 4 is 23.4 Å². The van der Waals surface area contributed by atoms with Gasteiger partial charge in [0.15, 0.2) is 0 Å². The number of hydrogen-bond donors (Lipinski definition) is 1. The van der Waals surface area contributed by atoms with Gasteiger partial charge in [-0.2, -0.15) is 13.2 Å².